The average Bonchev–Trinajstić information content (AvgIpc) is 2.43. The van der Waals surface area contributed by atoms with Crippen molar-refractivity contribution in [2.75, 3.05) is 20.3 Å². The van der Waals surface area contributed by atoms with Gasteiger partial charge in [0, 0.05) is 0 Å². The van der Waals surface area contributed by atoms with Crippen molar-refractivity contribution in [2.24, 2.45) is 0 Å². The van der Waals surface area contributed by atoms with Gasteiger partial charge in [-0.3, -0.25) is 0 Å². The molecule has 18 heavy (non-hydrogen) atoms. The second kappa shape index (κ2) is 5.96. The molecule has 0 heterocycles. The molecule has 94 valence electrons. The van der Waals surface area contributed by atoms with Gasteiger partial charge in [-0.2, -0.15) is 0 Å². The molecule has 0 unspecified atom stereocenters. The highest BCUT2D eigenvalue weighted by Crippen LogP contribution is 2.24. The van der Waals surface area contributed by atoms with E-state index in [1.54, 1.807) is 7.11 Å². The van der Waals surface area contributed by atoms with Crippen LogP contribution in [0.5, 0.6) is 11.5 Å². The quantitative estimate of drug-likeness (QED) is 0.576. The Morgan fingerprint density at radius 2 is 1.67 bits per heavy atom. The molecule has 0 bridgehead atoms. The van der Waals surface area contributed by atoms with Crippen molar-refractivity contribution in [2.45, 2.75) is 0 Å². The van der Waals surface area contributed by atoms with Crippen LogP contribution in [0.4, 0.5) is 0 Å². The maximum absolute atomic E-state index is 5.57. The highest BCUT2D eigenvalue weighted by Gasteiger charge is 1.99. The lowest BCUT2D eigenvalue weighted by Gasteiger charge is -2.08. The Bertz CT molecular complexity index is 534. The van der Waals surface area contributed by atoms with Crippen LogP contribution in [0.1, 0.15) is 0 Å². The van der Waals surface area contributed by atoms with Gasteiger partial charge >= 0.3 is 0 Å². The van der Waals surface area contributed by atoms with Gasteiger partial charge in [-0.1, -0.05) is 18.7 Å². The summed E-state index contributed by atoms with van der Waals surface area (Å²) in [5, 5.41) is 2.25. The fraction of sp³-hybridized carbons (Fsp3) is 0.200. The second-order valence-electron chi connectivity index (χ2n) is 3.76. The van der Waals surface area contributed by atoms with E-state index in [9.17, 15) is 0 Å². The van der Waals surface area contributed by atoms with Gasteiger partial charge in [-0.05, 0) is 35.0 Å². The van der Waals surface area contributed by atoms with E-state index in [4.69, 9.17) is 14.2 Å². The van der Waals surface area contributed by atoms with Crippen molar-refractivity contribution in [3.05, 3.63) is 49.2 Å². The third kappa shape index (κ3) is 2.94. The summed E-state index contributed by atoms with van der Waals surface area (Å²) in [6.07, 6.45) is 1.41. The molecule has 0 aliphatic heterocycles. The molecule has 0 aliphatic rings. The molecule has 2 aromatic rings. The first-order chi connectivity index (χ1) is 8.83. The zero-order valence-corrected chi connectivity index (χ0v) is 10.4. The minimum absolute atomic E-state index is 0.504. The Hall–Kier alpha value is -2.16. The normalized spacial score (nSPS) is 10.1. The zero-order valence-electron chi connectivity index (χ0n) is 10.4. The van der Waals surface area contributed by atoms with Crippen LogP contribution in [-0.4, -0.2) is 20.3 Å². The Balaban J connectivity index is 2.10. The van der Waals surface area contributed by atoms with Crippen molar-refractivity contribution in [3.63, 3.8) is 0 Å². The summed E-state index contributed by atoms with van der Waals surface area (Å²) in [5.74, 6) is 1.69. The molecule has 3 nitrogen and oxygen atoms in total. The monoisotopic (exact) mass is 244 g/mol. The molecule has 0 aliphatic carbocycles. The van der Waals surface area contributed by atoms with E-state index in [2.05, 4.69) is 6.58 Å². The molecule has 0 N–H and O–H groups in total. The van der Waals surface area contributed by atoms with E-state index in [0.29, 0.717) is 13.2 Å². The van der Waals surface area contributed by atoms with Crippen LogP contribution in [0.25, 0.3) is 10.8 Å². The molecular weight excluding hydrogens is 228 g/mol. The van der Waals surface area contributed by atoms with Crippen LogP contribution in [0.15, 0.2) is 49.2 Å². The molecule has 0 saturated carbocycles. The van der Waals surface area contributed by atoms with Crippen LogP contribution in [-0.2, 0) is 4.74 Å². The first-order valence-electron chi connectivity index (χ1n) is 5.76. The zero-order chi connectivity index (χ0) is 12.8. The molecule has 0 atom stereocenters. The summed E-state index contributed by atoms with van der Waals surface area (Å²) in [5.41, 5.74) is 0. The third-order valence-electron chi connectivity index (χ3n) is 2.61. The van der Waals surface area contributed by atoms with E-state index in [0.717, 1.165) is 22.3 Å². The second-order valence-corrected chi connectivity index (χ2v) is 3.76. The van der Waals surface area contributed by atoms with Crippen LogP contribution in [0.3, 0.4) is 0 Å². The highest BCUT2D eigenvalue weighted by molar-refractivity contribution is 5.85. The van der Waals surface area contributed by atoms with E-state index < -0.39 is 0 Å². The number of fused-ring (bicyclic) bond motifs is 1. The van der Waals surface area contributed by atoms with Crippen molar-refractivity contribution >= 4 is 10.8 Å². The molecule has 0 radical (unpaired) electrons. The van der Waals surface area contributed by atoms with E-state index in [1.165, 1.54) is 6.26 Å². The molecule has 3 heteroatoms. The van der Waals surface area contributed by atoms with E-state index >= 15 is 0 Å². The number of rotatable bonds is 6. The molecule has 0 fully saturated rings. The fourth-order valence-electron chi connectivity index (χ4n) is 1.71. The minimum Gasteiger partial charge on any atom is -0.498 e. The summed E-state index contributed by atoms with van der Waals surface area (Å²) in [4.78, 5) is 0. The van der Waals surface area contributed by atoms with Gasteiger partial charge in [-0.25, -0.2) is 0 Å². The Kier molecular flexibility index (Phi) is 4.07. The Morgan fingerprint density at radius 1 is 1.00 bits per heavy atom. The maximum Gasteiger partial charge on any atom is 0.122 e. The van der Waals surface area contributed by atoms with Gasteiger partial charge in [0.15, 0.2) is 0 Å². The van der Waals surface area contributed by atoms with E-state index in [1.807, 2.05) is 36.4 Å². The third-order valence-corrected chi connectivity index (χ3v) is 2.61. The van der Waals surface area contributed by atoms with Crippen LogP contribution >= 0.6 is 0 Å². The summed E-state index contributed by atoms with van der Waals surface area (Å²) in [6, 6.07) is 11.9. The van der Waals surface area contributed by atoms with Gasteiger partial charge < -0.3 is 14.2 Å². The van der Waals surface area contributed by atoms with Gasteiger partial charge in [0.25, 0.3) is 0 Å². The lowest BCUT2D eigenvalue weighted by molar-refractivity contribution is 0.180. The predicted molar refractivity (Wildman–Crippen MR) is 72.1 cm³/mol. The Labute approximate surface area is 107 Å². The maximum atomic E-state index is 5.57. The van der Waals surface area contributed by atoms with Crippen molar-refractivity contribution in [1.29, 1.82) is 0 Å². The molecule has 0 amide bonds. The highest BCUT2D eigenvalue weighted by atomic mass is 16.5. The summed E-state index contributed by atoms with van der Waals surface area (Å²) in [6.45, 7) is 4.48. The molecular formula is C15H16O3. The summed E-state index contributed by atoms with van der Waals surface area (Å²) < 4.78 is 15.8. The van der Waals surface area contributed by atoms with Gasteiger partial charge in [0.2, 0.25) is 0 Å². The molecule has 0 saturated heterocycles. The fourth-order valence-corrected chi connectivity index (χ4v) is 1.71. The smallest absolute Gasteiger partial charge is 0.122 e. The lowest BCUT2D eigenvalue weighted by Crippen LogP contribution is -2.03. The van der Waals surface area contributed by atoms with Crippen LogP contribution < -0.4 is 9.47 Å². The standard InChI is InChI=1S/C15H16O3/c1-3-17-8-9-18-15-7-5-12-10-14(16-2)6-4-13(12)11-15/h3-7,10-11H,1,8-9H2,2H3. The van der Waals surface area contributed by atoms with Gasteiger partial charge in [0.05, 0.1) is 13.4 Å². The molecule has 2 aromatic carbocycles. The minimum atomic E-state index is 0.504. The number of ether oxygens (including phenoxy) is 3. The van der Waals surface area contributed by atoms with Crippen LogP contribution in [0, 0.1) is 0 Å². The van der Waals surface area contributed by atoms with Crippen molar-refractivity contribution in [1.82, 2.24) is 0 Å². The average molecular weight is 244 g/mol. The Morgan fingerprint density at radius 3 is 2.33 bits per heavy atom. The van der Waals surface area contributed by atoms with Crippen molar-refractivity contribution in [3.8, 4) is 11.5 Å². The molecule has 0 spiro atoms. The SMILES string of the molecule is C=COCCOc1ccc2cc(OC)ccc2c1. The lowest BCUT2D eigenvalue weighted by atomic mass is 10.1. The van der Waals surface area contributed by atoms with Gasteiger partial charge in [-0.15, -0.1) is 0 Å². The topological polar surface area (TPSA) is 27.7 Å². The van der Waals surface area contributed by atoms with E-state index in [-0.39, 0.29) is 0 Å². The summed E-state index contributed by atoms with van der Waals surface area (Å²) >= 11 is 0. The number of hydrogen-bond acceptors (Lipinski definition) is 3. The van der Waals surface area contributed by atoms with Crippen LogP contribution in [0.2, 0.25) is 0 Å². The van der Waals surface area contributed by atoms with Gasteiger partial charge in [0.1, 0.15) is 24.7 Å². The first kappa shape index (κ1) is 12.3. The summed E-state index contributed by atoms with van der Waals surface area (Å²) in [7, 11) is 1.66. The predicted octanol–water partition coefficient (Wildman–Crippen LogP) is 3.39. The largest absolute Gasteiger partial charge is 0.498 e. The van der Waals surface area contributed by atoms with Crippen molar-refractivity contribution < 1.29 is 14.2 Å². The number of hydrogen-bond donors (Lipinski definition) is 0. The number of methoxy groups -OCH3 is 1. The first-order valence-corrected chi connectivity index (χ1v) is 5.76. The molecule has 0 aromatic heterocycles. The molecule has 2 rings (SSSR count). The number of benzene rings is 2.